The summed E-state index contributed by atoms with van der Waals surface area (Å²) < 4.78 is 13.7. The topological polar surface area (TPSA) is 78.5 Å². The molecule has 0 spiro atoms. The number of benzene rings is 2. The number of amides is 4. The summed E-state index contributed by atoms with van der Waals surface area (Å²) in [5, 5.41) is 5.16. The molecule has 1 saturated heterocycles. The Kier molecular flexibility index (Phi) is 4.78. The fourth-order valence-corrected chi connectivity index (χ4v) is 3.11. The Bertz CT molecular complexity index is 888. The number of hydrogen-bond donors (Lipinski definition) is 2. The van der Waals surface area contributed by atoms with Gasteiger partial charge in [-0.3, -0.25) is 14.5 Å². The van der Waals surface area contributed by atoms with E-state index < -0.39 is 35.7 Å². The minimum atomic E-state index is -1.25. The van der Waals surface area contributed by atoms with Crippen LogP contribution in [0.15, 0.2) is 53.0 Å². The van der Waals surface area contributed by atoms with E-state index in [1.165, 1.54) is 24.3 Å². The lowest BCUT2D eigenvalue weighted by Gasteiger charge is -2.22. The zero-order valence-corrected chi connectivity index (χ0v) is 15.3. The van der Waals surface area contributed by atoms with E-state index in [4.69, 9.17) is 0 Å². The van der Waals surface area contributed by atoms with E-state index in [1.54, 1.807) is 25.1 Å². The third-order valence-electron chi connectivity index (χ3n) is 4.11. The second-order valence-electron chi connectivity index (χ2n) is 6.01. The number of rotatable bonds is 4. The highest BCUT2D eigenvalue weighted by Gasteiger charge is 2.49. The number of nitrogens with zero attached hydrogens (tertiary/aromatic N) is 1. The maximum Gasteiger partial charge on any atom is 0.325 e. The average Bonchev–Trinajstić information content (AvgIpc) is 2.81. The van der Waals surface area contributed by atoms with Gasteiger partial charge in [-0.05, 0) is 48.9 Å². The van der Waals surface area contributed by atoms with Gasteiger partial charge in [0.05, 0.1) is 0 Å². The van der Waals surface area contributed by atoms with Gasteiger partial charge in [0, 0.05) is 10.2 Å². The molecule has 0 aliphatic carbocycles. The molecule has 2 N–H and O–H groups in total. The molecule has 0 radical (unpaired) electrons. The molecule has 3 rings (SSSR count). The maximum absolute atomic E-state index is 12.9. The monoisotopic (exact) mass is 419 g/mol. The molecule has 1 heterocycles. The Morgan fingerprint density at radius 2 is 1.92 bits per heavy atom. The van der Waals surface area contributed by atoms with Crippen LogP contribution in [0.2, 0.25) is 0 Å². The van der Waals surface area contributed by atoms with E-state index in [0.29, 0.717) is 11.3 Å². The fraction of sp³-hybridized carbons (Fsp3) is 0.167. The van der Waals surface area contributed by atoms with Crippen LogP contribution in [0.5, 0.6) is 0 Å². The van der Waals surface area contributed by atoms with Crippen LogP contribution in [-0.4, -0.2) is 29.3 Å². The zero-order chi connectivity index (χ0) is 18.9. The standard InChI is InChI=1S/C18H15BrFN3O3/c1-18(11-3-2-4-12(19)9-11)16(25)23(17(26)22-18)10-15(24)21-14-7-5-13(20)6-8-14/h2-9H,10H2,1H3,(H,21,24)(H,22,26)/t18-/m1/s1. The summed E-state index contributed by atoms with van der Waals surface area (Å²) in [6, 6.07) is 11.6. The van der Waals surface area contributed by atoms with Gasteiger partial charge in [0.2, 0.25) is 5.91 Å². The van der Waals surface area contributed by atoms with Gasteiger partial charge in [0.25, 0.3) is 5.91 Å². The molecule has 1 fully saturated rings. The van der Waals surface area contributed by atoms with Gasteiger partial charge in [-0.25, -0.2) is 9.18 Å². The van der Waals surface area contributed by atoms with Crippen molar-refractivity contribution in [2.75, 3.05) is 11.9 Å². The Hall–Kier alpha value is -2.74. The van der Waals surface area contributed by atoms with Crippen LogP contribution in [0, 0.1) is 5.82 Å². The number of hydrogen-bond acceptors (Lipinski definition) is 3. The maximum atomic E-state index is 12.9. The second-order valence-corrected chi connectivity index (χ2v) is 6.93. The van der Waals surface area contributed by atoms with Crippen LogP contribution in [0.25, 0.3) is 0 Å². The molecular weight excluding hydrogens is 405 g/mol. The number of anilines is 1. The highest BCUT2D eigenvalue weighted by molar-refractivity contribution is 9.10. The van der Waals surface area contributed by atoms with Crippen LogP contribution >= 0.6 is 15.9 Å². The Balaban J connectivity index is 1.74. The first kappa shape index (κ1) is 18.1. The van der Waals surface area contributed by atoms with Crippen LogP contribution in [-0.2, 0) is 15.1 Å². The Morgan fingerprint density at radius 3 is 2.58 bits per heavy atom. The summed E-state index contributed by atoms with van der Waals surface area (Å²) in [4.78, 5) is 38.0. The van der Waals surface area contributed by atoms with Gasteiger partial charge in [-0.2, -0.15) is 0 Å². The molecular formula is C18H15BrFN3O3. The van der Waals surface area contributed by atoms with E-state index in [1.807, 2.05) is 6.07 Å². The van der Waals surface area contributed by atoms with Crippen molar-refractivity contribution in [3.05, 3.63) is 64.4 Å². The molecule has 26 heavy (non-hydrogen) atoms. The number of carbonyl (C=O) groups is 3. The lowest BCUT2D eigenvalue weighted by molar-refractivity contribution is -0.133. The van der Waals surface area contributed by atoms with E-state index in [-0.39, 0.29) is 0 Å². The number of nitrogens with one attached hydrogen (secondary N) is 2. The van der Waals surface area contributed by atoms with Crippen molar-refractivity contribution >= 4 is 39.5 Å². The van der Waals surface area contributed by atoms with Crippen molar-refractivity contribution in [1.82, 2.24) is 10.2 Å². The van der Waals surface area contributed by atoms with Gasteiger partial charge >= 0.3 is 6.03 Å². The highest BCUT2D eigenvalue weighted by Crippen LogP contribution is 2.30. The summed E-state index contributed by atoms with van der Waals surface area (Å²) in [7, 11) is 0. The van der Waals surface area contributed by atoms with Crippen molar-refractivity contribution < 1.29 is 18.8 Å². The van der Waals surface area contributed by atoms with E-state index in [2.05, 4.69) is 26.6 Å². The molecule has 0 bridgehead atoms. The molecule has 8 heteroatoms. The minimum Gasteiger partial charge on any atom is -0.325 e. The molecule has 0 aromatic heterocycles. The number of halogens is 2. The first-order valence-electron chi connectivity index (χ1n) is 7.75. The van der Waals surface area contributed by atoms with Crippen LogP contribution < -0.4 is 10.6 Å². The highest BCUT2D eigenvalue weighted by atomic mass is 79.9. The average molecular weight is 420 g/mol. The predicted octanol–water partition coefficient (Wildman–Crippen LogP) is 2.99. The van der Waals surface area contributed by atoms with Gasteiger partial charge < -0.3 is 10.6 Å². The minimum absolute atomic E-state index is 0.373. The normalized spacial score (nSPS) is 19.4. The molecule has 4 amide bonds. The molecule has 1 atom stereocenters. The van der Waals surface area contributed by atoms with Gasteiger partial charge in [-0.1, -0.05) is 28.1 Å². The third kappa shape index (κ3) is 3.45. The number of carbonyl (C=O) groups excluding carboxylic acids is 3. The Labute approximate surface area is 157 Å². The molecule has 0 unspecified atom stereocenters. The van der Waals surface area contributed by atoms with Crippen molar-refractivity contribution in [1.29, 1.82) is 0 Å². The zero-order valence-electron chi connectivity index (χ0n) is 13.8. The fourth-order valence-electron chi connectivity index (χ4n) is 2.71. The van der Waals surface area contributed by atoms with E-state index in [0.717, 1.165) is 9.37 Å². The lowest BCUT2D eigenvalue weighted by atomic mass is 9.92. The van der Waals surface area contributed by atoms with Gasteiger partial charge in [0.1, 0.15) is 17.9 Å². The van der Waals surface area contributed by atoms with Crippen LogP contribution in [0.3, 0.4) is 0 Å². The van der Waals surface area contributed by atoms with E-state index in [9.17, 15) is 18.8 Å². The first-order valence-corrected chi connectivity index (χ1v) is 8.54. The molecule has 1 aliphatic heterocycles. The molecule has 6 nitrogen and oxygen atoms in total. The van der Waals surface area contributed by atoms with Crippen LogP contribution in [0.1, 0.15) is 12.5 Å². The largest absolute Gasteiger partial charge is 0.325 e. The molecule has 0 saturated carbocycles. The third-order valence-corrected chi connectivity index (χ3v) is 4.60. The smallest absolute Gasteiger partial charge is 0.325 e. The quantitative estimate of drug-likeness (QED) is 0.747. The summed E-state index contributed by atoms with van der Waals surface area (Å²) >= 11 is 3.34. The van der Waals surface area contributed by atoms with Crippen molar-refractivity contribution in [2.24, 2.45) is 0 Å². The van der Waals surface area contributed by atoms with Crippen molar-refractivity contribution in [3.63, 3.8) is 0 Å². The summed E-state index contributed by atoms with van der Waals surface area (Å²) in [6.07, 6.45) is 0. The molecule has 1 aliphatic rings. The number of imide groups is 1. The second kappa shape index (κ2) is 6.87. The predicted molar refractivity (Wildman–Crippen MR) is 96.8 cm³/mol. The molecule has 134 valence electrons. The number of urea groups is 1. The SMILES string of the molecule is C[C@]1(c2cccc(Br)c2)NC(=O)N(CC(=O)Nc2ccc(F)cc2)C1=O. The molecule has 2 aromatic carbocycles. The van der Waals surface area contributed by atoms with Gasteiger partial charge in [-0.15, -0.1) is 0 Å². The van der Waals surface area contributed by atoms with Crippen molar-refractivity contribution in [3.8, 4) is 0 Å². The van der Waals surface area contributed by atoms with Gasteiger partial charge in [0.15, 0.2) is 0 Å². The first-order chi connectivity index (χ1) is 12.3. The molecule has 2 aromatic rings. The van der Waals surface area contributed by atoms with Crippen molar-refractivity contribution in [2.45, 2.75) is 12.5 Å². The Morgan fingerprint density at radius 1 is 1.23 bits per heavy atom. The lowest BCUT2D eigenvalue weighted by Crippen LogP contribution is -2.42. The summed E-state index contributed by atoms with van der Waals surface area (Å²) in [6.45, 7) is 1.15. The summed E-state index contributed by atoms with van der Waals surface area (Å²) in [5.41, 5.74) is -0.276. The van der Waals surface area contributed by atoms with E-state index >= 15 is 0 Å². The van der Waals surface area contributed by atoms with Crippen LogP contribution in [0.4, 0.5) is 14.9 Å². The summed E-state index contributed by atoms with van der Waals surface area (Å²) in [5.74, 6) is -1.50.